The Morgan fingerprint density at radius 2 is 1.90 bits per heavy atom. The third-order valence-corrected chi connectivity index (χ3v) is 2.91. The summed E-state index contributed by atoms with van der Waals surface area (Å²) in [5, 5.41) is 3.47. The van der Waals surface area contributed by atoms with Crippen LogP contribution in [0.15, 0.2) is 12.1 Å². The van der Waals surface area contributed by atoms with Crippen LogP contribution in [0.3, 0.4) is 0 Å². The van der Waals surface area contributed by atoms with Crippen molar-refractivity contribution >= 4 is 0 Å². The highest BCUT2D eigenvalue weighted by atomic mass is 16.5. The zero-order valence-electron chi connectivity index (χ0n) is 14.3. The third-order valence-electron chi connectivity index (χ3n) is 2.91. The summed E-state index contributed by atoms with van der Waals surface area (Å²) in [6.07, 6.45) is 0. The predicted molar refractivity (Wildman–Crippen MR) is 86.7 cm³/mol. The predicted octanol–water partition coefficient (Wildman–Crippen LogP) is 3.33. The van der Waals surface area contributed by atoms with Gasteiger partial charge in [-0.15, -0.1) is 0 Å². The summed E-state index contributed by atoms with van der Waals surface area (Å²) < 4.78 is 11.1. The van der Waals surface area contributed by atoms with Gasteiger partial charge in [-0.3, -0.25) is 0 Å². The number of hydrogen-bond acceptors (Lipinski definition) is 4. The summed E-state index contributed by atoms with van der Waals surface area (Å²) in [5.74, 6) is 1.22. The molecule has 0 aromatic carbocycles. The smallest absolute Gasteiger partial charge is 0.213 e. The van der Waals surface area contributed by atoms with Crippen LogP contribution in [0.4, 0.5) is 0 Å². The minimum Gasteiger partial charge on any atom is -0.475 e. The largest absolute Gasteiger partial charge is 0.475 e. The number of nitrogens with one attached hydrogen (secondary N) is 1. The fourth-order valence-electron chi connectivity index (χ4n) is 1.72. The van der Waals surface area contributed by atoms with Gasteiger partial charge in [-0.2, -0.15) is 0 Å². The van der Waals surface area contributed by atoms with Crippen LogP contribution in [0.2, 0.25) is 0 Å². The van der Waals surface area contributed by atoms with Gasteiger partial charge in [-0.25, -0.2) is 4.98 Å². The SMILES string of the molecule is Cc1nc(OCCOCC(C)C)ccc1CNC(C)(C)C. The molecule has 1 N–H and O–H groups in total. The van der Waals surface area contributed by atoms with Crippen LogP contribution in [0, 0.1) is 12.8 Å². The first-order valence-corrected chi connectivity index (χ1v) is 7.70. The second-order valence-electron chi connectivity index (χ2n) is 6.81. The minimum absolute atomic E-state index is 0.107. The number of nitrogens with zero attached hydrogens (tertiary/aromatic N) is 1. The molecule has 0 aliphatic heterocycles. The fourth-order valence-corrected chi connectivity index (χ4v) is 1.72. The maximum absolute atomic E-state index is 5.61. The number of hydrogen-bond donors (Lipinski definition) is 1. The van der Waals surface area contributed by atoms with E-state index in [1.807, 2.05) is 13.0 Å². The van der Waals surface area contributed by atoms with Gasteiger partial charge >= 0.3 is 0 Å². The molecule has 0 bridgehead atoms. The number of aryl methyl sites for hydroxylation is 1. The van der Waals surface area contributed by atoms with Crippen LogP contribution >= 0.6 is 0 Å². The van der Waals surface area contributed by atoms with Crippen molar-refractivity contribution in [3.8, 4) is 5.88 Å². The fraction of sp³-hybridized carbons (Fsp3) is 0.706. The lowest BCUT2D eigenvalue weighted by atomic mass is 10.1. The van der Waals surface area contributed by atoms with Crippen molar-refractivity contribution < 1.29 is 9.47 Å². The second-order valence-corrected chi connectivity index (χ2v) is 6.81. The van der Waals surface area contributed by atoms with Crippen LogP contribution in [0.5, 0.6) is 5.88 Å². The number of rotatable bonds is 8. The molecule has 0 aliphatic carbocycles. The molecule has 4 nitrogen and oxygen atoms in total. The maximum atomic E-state index is 5.61. The van der Waals surface area contributed by atoms with Crippen LogP contribution in [0.25, 0.3) is 0 Å². The lowest BCUT2D eigenvalue weighted by Crippen LogP contribution is -2.35. The molecule has 0 saturated heterocycles. The average Bonchev–Trinajstić information content (AvgIpc) is 2.36. The average molecular weight is 294 g/mol. The Hall–Kier alpha value is -1.13. The molecule has 0 atom stereocenters. The molecule has 0 unspecified atom stereocenters. The first-order chi connectivity index (χ1) is 9.78. The molecule has 0 fully saturated rings. The van der Waals surface area contributed by atoms with Crippen molar-refractivity contribution in [3.63, 3.8) is 0 Å². The second kappa shape index (κ2) is 8.35. The van der Waals surface area contributed by atoms with Crippen LogP contribution in [-0.2, 0) is 11.3 Å². The van der Waals surface area contributed by atoms with E-state index in [0.29, 0.717) is 25.0 Å². The van der Waals surface area contributed by atoms with Gasteiger partial charge in [-0.1, -0.05) is 19.9 Å². The molecule has 0 spiro atoms. The van der Waals surface area contributed by atoms with Crippen molar-refractivity contribution in [3.05, 3.63) is 23.4 Å². The van der Waals surface area contributed by atoms with E-state index in [1.165, 1.54) is 5.56 Å². The molecule has 4 heteroatoms. The zero-order chi connectivity index (χ0) is 15.9. The molecule has 1 aromatic rings. The molecule has 1 heterocycles. The third kappa shape index (κ3) is 8.02. The van der Waals surface area contributed by atoms with E-state index in [4.69, 9.17) is 9.47 Å². The molecule has 1 rings (SSSR count). The Bertz CT molecular complexity index is 425. The van der Waals surface area contributed by atoms with Gasteiger partial charge in [0, 0.05) is 30.5 Å². The van der Waals surface area contributed by atoms with E-state index in [1.54, 1.807) is 0 Å². The van der Waals surface area contributed by atoms with E-state index in [2.05, 4.69) is 51.0 Å². The van der Waals surface area contributed by atoms with E-state index in [-0.39, 0.29) is 5.54 Å². The molecule has 21 heavy (non-hydrogen) atoms. The molecule has 120 valence electrons. The van der Waals surface area contributed by atoms with Crippen molar-refractivity contribution in [2.75, 3.05) is 19.8 Å². The van der Waals surface area contributed by atoms with Crippen molar-refractivity contribution in [1.82, 2.24) is 10.3 Å². The van der Waals surface area contributed by atoms with Crippen LogP contribution in [0.1, 0.15) is 45.9 Å². The summed E-state index contributed by atoms with van der Waals surface area (Å²) in [7, 11) is 0. The van der Waals surface area contributed by atoms with Crippen molar-refractivity contribution in [2.45, 2.75) is 53.6 Å². The Balaban J connectivity index is 2.39. The first kappa shape index (κ1) is 17.9. The summed E-state index contributed by atoms with van der Waals surface area (Å²) >= 11 is 0. The van der Waals surface area contributed by atoms with Gasteiger partial charge in [0.2, 0.25) is 5.88 Å². The lowest BCUT2D eigenvalue weighted by Gasteiger charge is -2.21. The monoisotopic (exact) mass is 294 g/mol. The highest BCUT2D eigenvalue weighted by Crippen LogP contribution is 2.13. The summed E-state index contributed by atoms with van der Waals surface area (Å²) in [5.41, 5.74) is 2.32. The Labute approximate surface area is 129 Å². The van der Waals surface area contributed by atoms with Crippen LogP contribution in [-0.4, -0.2) is 30.3 Å². The van der Waals surface area contributed by atoms with E-state index in [9.17, 15) is 0 Å². The molecule has 0 amide bonds. The number of ether oxygens (including phenoxy) is 2. The lowest BCUT2D eigenvalue weighted by molar-refractivity contribution is 0.0806. The first-order valence-electron chi connectivity index (χ1n) is 7.70. The highest BCUT2D eigenvalue weighted by Gasteiger charge is 2.10. The molecular formula is C17H30N2O2. The van der Waals surface area contributed by atoms with Crippen LogP contribution < -0.4 is 10.1 Å². The highest BCUT2D eigenvalue weighted by molar-refractivity contribution is 5.25. The zero-order valence-corrected chi connectivity index (χ0v) is 14.3. The number of aromatic nitrogens is 1. The van der Waals surface area contributed by atoms with Gasteiger partial charge in [-0.05, 0) is 39.2 Å². The van der Waals surface area contributed by atoms with E-state index < -0.39 is 0 Å². The minimum atomic E-state index is 0.107. The maximum Gasteiger partial charge on any atom is 0.213 e. The standard InChI is InChI=1S/C17H30N2O2/c1-13(2)12-20-9-10-21-16-8-7-15(14(3)19-16)11-18-17(4,5)6/h7-8,13,18H,9-12H2,1-6H3. The Kier molecular flexibility index (Phi) is 7.12. The molecule has 0 radical (unpaired) electrons. The summed E-state index contributed by atoms with van der Waals surface area (Å²) in [6.45, 7) is 15.5. The molecular weight excluding hydrogens is 264 g/mol. The van der Waals surface area contributed by atoms with Gasteiger partial charge < -0.3 is 14.8 Å². The molecule has 1 aromatic heterocycles. The van der Waals surface area contributed by atoms with E-state index >= 15 is 0 Å². The summed E-state index contributed by atoms with van der Waals surface area (Å²) in [6, 6.07) is 4.00. The van der Waals surface area contributed by atoms with Gasteiger partial charge in [0.15, 0.2) is 0 Å². The topological polar surface area (TPSA) is 43.4 Å². The Morgan fingerprint density at radius 3 is 2.48 bits per heavy atom. The molecule has 0 aliphatic rings. The van der Waals surface area contributed by atoms with Crippen molar-refractivity contribution in [1.29, 1.82) is 0 Å². The quantitative estimate of drug-likeness (QED) is 0.747. The van der Waals surface area contributed by atoms with Gasteiger partial charge in [0.25, 0.3) is 0 Å². The van der Waals surface area contributed by atoms with Gasteiger partial charge in [0.1, 0.15) is 6.61 Å². The van der Waals surface area contributed by atoms with Gasteiger partial charge in [0.05, 0.1) is 6.61 Å². The normalized spacial score (nSPS) is 12.0. The summed E-state index contributed by atoms with van der Waals surface area (Å²) in [4.78, 5) is 4.49. The Morgan fingerprint density at radius 1 is 1.19 bits per heavy atom. The molecule has 0 saturated carbocycles. The number of pyridine rings is 1. The van der Waals surface area contributed by atoms with E-state index in [0.717, 1.165) is 18.8 Å². The van der Waals surface area contributed by atoms with Crippen molar-refractivity contribution in [2.24, 2.45) is 5.92 Å².